The Morgan fingerprint density at radius 2 is 0.939 bits per heavy atom. The Hall–Kier alpha value is -12.7. The van der Waals surface area contributed by atoms with Crippen LogP contribution in [0.5, 0.6) is 0 Å². The second-order valence-electron chi connectivity index (χ2n) is 34.9. The maximum absolute atomic E-state index is 14.6. The van der Waals surface area contributed by atoms with E-state index < -0.39 is 322 Å². The average molecular weight is 2270 g/mol. The molecule has 7 unspecified atom stereocenters. The Morgan fingerprint density at radius 3 is 1.34 bits per heavy atom. The smallest absolute Gasteiger partial charge is 0.326 e. The Labute approximate surface area is 877 Å². The van der Waals surface area contributed by atoms with Crippen LogP contribution in [0.2, 0.25) is 0 Å². The predicted octanol–water partition coefficient (Wildman–Crippen LogP) is -2.83. The first-order valence-electron chi connectivity index (χ1n) is 45.7. The van der Waals surface area contributed by atoms with Crippen molar-refractivity contribution in [3.05, 3.63) is 94.0 Å². The van der Waals surface area contributed by atoms with Crippen LogP contribution in [0.25, 0.3) is 21.8 Å². The highest BCUT2D eigenvalue weighted by molar-refractivity contribution is 14.0. The zero-order chi connectivity index (χ0) is 108. The van der Waals surface area contributed by atoms with Crippen LogP contribution in [0.4, 0.5) is 5.69 Å². The number of nitrogens with zero attached hydrogens (tertiary/aromatic N) is 3. The number of thioether (sulfide) groups is 2. The number of nitro benzene ring substituents is 1. The first-order valence-corrected chi connectivity index (χ1v) is 50.8. The number of rotatable bonds is 31. The van der Waals surface area contributed by atoms with E-state index >= 15 is 0 Å². The van der Waals surface area contributed by atoms with Gasteiger partial charge in [0.05, 0.1) is 72.2 Å². The number of fused-ring (bicyclic) bond motifs is 6. The molecule has 0 aliphatic carbocycles. The van der Waals surface area contributed by atoms with E-state index in [0.29, 0.717) is 45.2 Å². The summed E-state index contributed by atoms with van der Waals surface area (Å²) in [5, 5.41) is 73.9. The van der Waals surface area contributed by atoms with Crippen LogP contribution < -0.4 is 85.7 Å². The van der Waals surface area contributed by atoms with Crippen LogP contribution in [-0.4, -0.2) is 322 Å². The summed E-state index contributed by atoms with van der Waals surface area (Å²) in [5.41, 5.74) is 18.6. The minimum atomic E-state index is -4.90. The molecule has 4 aliphatic heterocycles. The SMILES string of the molecule is C.CC[C@H](C)[C@@H]1NC(=O)CNC(=O)C(N)Cc2c([nH]c3ccccc23)SCC(C(=O)NC(CC(N)=O)C(=O)N2C[C@H](O)C[C@H]2C(=O)N[C@H](C(=O)O)[C@@H](C)[C@H](C)OC(C)=O)NC(=O)CNC1=O.CC[C@H](C)[C@@H]1NC(=O)CNC(=O)C(NS(=O)(=O)c2ccccc2[N+](=O)[O-])Cc2c([nH]c3ccccc23)SCC(C(=O)NC(CC(N)=O)C(=O)N2C[C@H](OC)C[C@H]2C(=O)NC(C(=O)O)[C@@H](C)[C@H](C)OC(C)=O)NC(=O)CNC1=O.I.P=S. The molecule has 3 aromatic carbocycles. The number of esters is 2. The van der Waals surface area contributed by atoms with Gasteiger partial charge in [0.25, 0.3) is 5.69 Å². The highest BCUT2D eigenvalue weighted by Crippen LogP contribution is 2.35. The molecule has 16 amide bonds. The molecule has 2 fully saturated rings. The van der Waals surface area contributed by atoms with Gasteiger partial charge in [0, 0.05) is 105 Å². The van der Waals surface area contributed by atoms with E-state index in [1.165, 1.54) is 46.9 Å². The minimum Gasteiger partial charge on any atom is -0.480 e. The van der Waals surface area contributed by atoms with Gasteiger partial charge in [0.2, 0.25) is 105 Å². The number of aromatic nitrogens is 2. The molecule has 4 aliphatic rings. The lowest BCUT2D eigenvalue weighted by atomic mass is 9.96. The number of β-amino-alcohol motifs (C(OH)–C–C–N with tert-alkyl or cyclic N) is 1. The number of carboxylic acid groups (broad SMARTS) is 2. The number of methoxy groups -OCH3 is 1. The van der Waals surface area contributed by atoms with Crippen LogP contribution in [0.3, 0.4) is 0 Å². The third kappa shape index (κ3) is 35.2. The fourth-order valence-corrected chi connectivity index (χ4v) is 19.7. The lowest BCUT2D eigenvalue weighted by Crippen LogP contribution is -2.59. The number of para-hydroxylation sites is 3. The van der Waals surface area contributed by atoms with Crippen molar-refractivity contribution >= 4 is 223 Å². The lowest BCUT2D eigenvalue weighted by Gasteiger charge is -2.31. The molecule has 0 radical (unpaired) electrons. The third-order valence-corrected chi connectivity index (χ3v) is 28.3. The highest BCUT2D eigenvalue weighted by atomic mass is 127. The minimum absolute atomic E-state index is 0. The second kappa shape index (κ2) is 58.1. The largest absolute Gasteiger partial charge is 0.480 e. The van der Waals surface area contributed by atoms with E-state index in [2.05, 4.69) is 98.3 Å². The van der Waals surface area contributed by atoms with E-state index in [4.69, 9.17) is 31.4 Å². The van der Waals surface area contributed by atoms with Crippen molar-refractivity contribution in [3.8, 4) is 0 Å². The molecule has 147 heavy (non-hydrogen) atoms. The van der Waals surface area contributed by atoms with Gasteiger partial charge in [-0.25, -0.2) is 18.0 Å². The van der Waals surface area contributed by atoms with E-state index in [-0.39, 0.29) is 73.6 Å². The second-order valence-corrected chi connectivity index (χ2v) is 38.7. The van der Waals surface area contributed by atoms with Crippen molar-refractivity contribution in [2.24, 2.45) is 40.9 Å². The van der Waals surface area contributed by atoms with Gasteiger partial charge in [-0.3, -0.25) is 96.4 Å². The lowest BCUT2D eigenvalue weighted by molar-refractivity contribution is -0.387. The number of carbonyl (C=O) groups excluding carboxylic acids is 18. The summed E-state index contributed by atoms with van der Waals surface area (Å²) >= 11 is 5.80. The topological polar surface area (TPSA) is 780 Å². The summed E-state index contributed by atoms with van der Waals surface area (Å²) in [6, 6.07) is -0.249. The number of aliphatic hydroxyl groups is 1. The summed E-state index contributed by atoms with van der Waals surface area (Å²) in [7, 11) is -1.04. The molecular weight excluding hydrogens is 2140 g/mol. The predicted molar refractivity (Wildman–Crippen MR) is 546 cm³/mol. The number of sulfonamides is 1. The molecule has 20 atom stereocenters. The zero-order valence-corrected chi connectivity index (χ0v) is 87.9. The number of aliphatic hydroxyl groups excluding tert-OH is 1. The summed E-state index contributed by atoms with van der Waals surface area (Å²) in [5.74, 6) is -22.9. The summed E-state index contributed by atoms with van der Waals surface area (Å²) < 4.78 is 45.9. The molecule has 0 saturated carbocycles. The van der Waals surface area contributed by atoms with Gasteiger partial charge in [-0.1, -0.05) is 122 Å². The summed E-state index contributed by atoms with van der Waals surface area (Å²) in [6.45, 7) is 11.4. The molecule has 0 spiro atoms. The van der Waals surface area contributed by atoms with Crippen LogP contribution >= 0.6 is 55.5 Å². The van der Waals surface area contributed by atoms with Crippen molar-refractivity contribution in [1.29, 1.82) is 0 Å². The van der Waals surface area contributed by atoms with Gasteiger partial charge in [0.1, 0.15) is 78.7 Å². The number of nitrogens with one attached hydrogen (secondary N) is 15. The standard InChI is InChI=1S/C48H63N11O17S2.C41H58N10O13S.CH4.HI.HPS/c1-7-23(2)40-45(67)51-19-38(62)52-33(43(65)53-32(18-37(49)61)47(68)58-21-27(75-6)16-35(58)44(66)56-41(48(69)70)24(3)25(4)76-26(5)60)22-77-46-29(28-12-8-9-13-30(28)54-46)17-31(42(64)50-20-39(63)55-40)57-78(73,74)36-15-11-10-14-34(36)59(71)72;1-6-18(2)33-38(60)45-14-31(55)46-28(17-65-39-24(23-9-7-8-10-26(23)48-39)12-25(42)35(57)44-15-32(56)49-33)36(58)47-27(13-30(43)54)40(61)51-16-22(53)11-29(51)37(59)50-34(41(62)63)19(3)20(4)64-21(5)52;;;1-2/h8-15,23-25,27,31-33,35,40-41,54,57H,7,16-22H2,1-6H3,(H2,49,61)(H,50,64)(H,51,67)(H,52,62)(H,53,65)(H,55,63)(H,56,66)(H,69,70);7-10,18-20,22,25,27-29,33-34,48,53H,6,11-17,42H2,1-5H3,(H2,43,54)(H,44,57)(H,45,60)(H,46,55)(H,47,58)(H,49,56)(H,50,59)(H,62,63);1H4;1H;1H/t23-,24-,25-,27+,31?,32?,33?,35-,40-,41?;18-,19-,20-,22+,25?,27?,28?,29-,33-,34-;;;/m00.../s1. The fourth-order valence-electron chi connectivity index (χ4n) is 16.1. The molecule has 808 valence electrons. The Kier molecular flexibility index (Phi) is 49.3. The average Bonchev–Trinajstić information content (AvgIpc) is 1.66. The van der Waals surface area contributed by atoms with Crippen molar-refractivity contribution in [1.82, 2.24) is 88.3 Å². The normalized spacial score (nSPS) is 22.0. The number of carboxylic acids is 2. The molecule has 2 saturated heterocycles. The highest BCUT2D eigenvalue weighted by Gasteiger charge is 2.48. The number of benzene rings is 3. The van der Waals surface area contributed by atoms with Gasteiger partial charge in [-0.2, -0.15) is 4.72 Å². The maximum atomic E-state index is 14.6. The molecule has 51 nitrogen and oxygen atoms in total. The number of nitro groups is 1. The molecule has 24 N–H and O–H groups in total. The van der Waals surface area contributed by atoms with Crippen molar-refractivity contribution in [2.45, 2.75) is 240 Å². The number of amides is 16. The number of H-pyrrole nitrogens is 2. The van der Waals surface area contributed by atoms with E-state index in [9.17, 15) is 130 Å². The number of nitrogens with two attached hydrogens (primary N) is 3. The molecule has 6 heterocycles. The molecular formula is C90H127IN21O30PS4. The van der Waals surface area contributed by atoms with Crippen LogP contribution in [-0.2, 0) is 145 Å². The van der Waals surface area contributed by atoms with Crippen molar-refractivity contribution in [2.75, 3.05) is 57.9 Å². The fraction of sp³-hybridized carbons (Fsp3) is 0.533. The maximum Gasteiger partial charge on any atom is 0.326 e. The van der Waals surface area contributed by atoms with Gasteiger partial charge < -0.3 is 130 Å². The third-order valence-electron chi connectivity index (χ3n) is 24.5. The quantitative estimate of drug-likeness (QED) is 0.00699. The number of aromatic amines is 2. The first-order chi connectivity index (χ1) is 68.4. The number of hydrogen-bond acceptors (Lipinski definition) is 32. The summed E-state index contributed by atoms with van der Waals surface area (Å²) in [4.78, 5) is 284. The molecule has 0 bridgehead atoms. The Bertz CT molecular complexity index is 5790. The first kappa shape index (κ1) is 125. The van der Waals surface area contributed by atoms with Gasteiger partial charge >= 0.3 is 23.9 Å². The molecule has 2 aromatic heterocycles. The van der Waals surface area contributed by atoms with Gasteiger partial charge in [-0.15, -0.1) is 47.5 Å². The van der Waals surface area contributed by atoms with Crippen LogP contribution in [0.1, 0.15) is 126 Å². The molecule has 9 rings (SSSR count). The number of halogens is 1. The van der Waals surface area contributed by atoms with E-state index in [1.807, 2.05) is 0 Å². The zero-order valence-electron chi connectivity index (χ0n) is 81.3. The number of carbonyl (C=O) groups is 20. The number of ether oxygens (including phenoxy) is 3. The van der Waals surface area contributed by atoms with Crippen molar-refractivity contribution < 1.29 is 139 Å². The van der Waals surface area contributed by atoms with Crippen molar-refractivity contribution in [3.63, 3.8) is 0 Å². The van der Waals surface area contributed by atoms with E-state index in [1.54, 1.807) is 76.2 Å². The number of hydrogen-bond donors (Lipinski definition) is 21. The number of aliphatic carboxylic acids is 2. The molecule has 57 heteroatoms. The summed E-state index contributed by atoms with van der Waals surface area (Å²) in [6.07, 6.45) is -5.97. The number of likely N-dealkylation sites (tertiary alicyclic amines) is 2. The van der Waals surface area contributed by atoms with Gasteiger partial charge in [0.15, 0.2) is 4.90 Å². The van der Waals surface area contributed by atoms with Gasteiger partial charge in [-0.05, 0) is 69.4 Å². The Balaban J connectivity index is 0.000000510. The van der Waals surface area contributed by atoms with E-state index in [0.717, 1.165) is 59.3 Å². The monoisotopic (exact) mass is 2270 g/mol. The molecule has 5 aromatic rings. The number of primary amides is 2. The Morgan fingerprint density at radius 1 is 0.558 bits per heavy atom. The van der Waals surface area contributed by atoms with Crippen LogP contribution in [0.15, 0.2) is 87.7 Å². The van der Waals surface area contributed by atoms with Crippen LogP contribution in [0, 0.1) is 33.8 Å².